The Bertz CT molecular complexity index is 378. The van der Waals surface area contributed by atoms with Crippen LogP contribution in [0.3, 0.4) is 0 Å². The van der Waals surface area contributed by atoms with Crippen LogP contribution in [0.5, 0.6) is 0 Å². The second-order valence-electron chi connectivity index (χ2n) is 4.36. The molecule has 1 amide bonds. The van der Waals surface area contributed by atoms with Crippen molar-refractivity contribution in [2.75, 3.05) is 6.54 Å². The van der Waals surface area contributed by atoms with Gasteiger partial charge in [0.05, 0.1) is 0 Å². The Morgan fingerprint density at radius 3 is 2.83 bits per heavy atom. The molecule has 1 aromatic rings. The average molecular weight is 271 g/mol. The van der Waals surface area contributed by atoms with Crippen LogP contribution in [0.15, 0.2) is 11.4 Å². The van der Waals surface area contributed by atoms with E-state index < -0.39 is 12.2 Å². The van der Waals surface area contributed by atoms with Crippen molar-refractivity contribution in [3.8, 4) is 0 Å². The summed E-state index contributed by atoms with van der Waals surface area (Å²) in [4.78, 5) is 11.6. The van der Waals surface area contributed by atoms with E-state index in [-0.39, 0.29) is 12.5 Å². The molecule has 0 saturated carbocycles. The number of aliphatic hydroxyl groups is 2. The van der Waals surface area contributed by atoms with Gasteiger partial charge in [-0.2, -0.15) is 0 Å². The topological polar surface area (TPSA) is 69.6 Å². The van der Waals surface area contributed by atoms with Crippen LogP contribution < -0.4 is 5.32 Å². The van der Waals surface area contributed by atoms with Gasteiger partial charge in [0.2, 0.25) is 5.91 Å². The molecule has 18 heavy (non-hydrogen) atoms. The number of amides is 1. The largest absolute Gasteiger partial charge is 0.388 e. The third-order valence-corrected chi connectivity index (χ3v) is 3.80. The van der Waals surface area contributed by atoms with Gasteiger partial charge in [-0.3, -0.25) is 4.79 Å². The number of carbonyl (C=O) groups excluding carboxylic acids is 1. The molecule has 0 radical (unpaired) electrons. The van der Waals surface area contributed by atoms with Crippen LogP contribution in [-0.4, -0.2) is 28.8 Å². The number of rotatable bonds is 7. The minimum absolute atomic E-state index is 0.0710. The Labute approximate surface area is 112 Å². The van der Waals surface area contributed by atoms with E-state index in [0.717, 1.165) is 29.7 Å². The Balaban J connectivity index is 2.61. The van der Waals surface area contributed by atoms with Crippen LogP contribution in [0.4, 0.5) is 0 Å². The molecule has 2 unspecified atom stereocenters. The summed E-state index contributed by atoms with van der Waals surface area (Å²) in [6, 6.07) is 1.99. The van der Waals surface area contributed by atoms with Gasteiger partial charge in [-0.1, -0.05) is 13.3 Å². The van der Waals surface area contributed by atoms with Gasteiger partial charge in [0.15, 0.2) is 0 Å². The first-order valence-electron chi connectivity index (χ1n) is 6.23. The molecule has 1 heterocycles. The summed E-state index contributed by atoms with van der Waals surface area (Å²) in [5.74, 6) is -0.210. The molecule has 3 N–H and O–H groups in total. The first kappa shape index (κ1) is 15.1. The van der Waals surface area contributed by atoms with Crippen molar-refractivity contribution in [2.24, 2.45) is 0 Å². The molecule has 0 aliphatic rings. The normalized spacial score (nSPS) is 14.2. The van der Waals surface area contributed by atoms with Gasteiger partial charge in [-0.15, -0.1) is 11.3 Å². The lowest BCUT2D eigenvalue weighted by Crippen LogP contribution is -2.34. The van der Waals surface area contributed by atoms with E-state index in [1.165, 1.54) is 18.3 Å². The molecule has 0 bridgehead atoms. The Morgan fingerprint density at radius 1 is 1.50 bits per heavy atom. The first-order chi connectivity index (χ1) is 8.56. The monoisotopic (exact) mass is 271 g/mol. The maximum Gasteiger partial charge on any atom is 0.216 e. The second kappa shape index (κ2) is 7.51. The van der Waals surface area contributed by atoms with Crippen molar-refractivity contribution >= 4 is 17.2 Å². The molecule has 0 aromatic carbocycles. The minimum atomic E-state index is -0.965. The van der Waals surface area contributed by atoms with Crippen LogP contribution in [0.2, 0.25) is 0 Å². The summed E-state index contributed by atoms with van der Waals surface area (Å²) in [5.41, 5.74) is 1.09. The SMILES string of the molecule is CCCCc1ccsc1C(O)C(O)CNC(C)=O. The van der Waals surface area contributed by atoms with Gasteiger partial charge in [-0.05, 0) is 29.9 Å². The molecule has 1 rings (SSSR count). The van der Waals surface area contributed by atoms with Crippen molar-refractivity contribution in [1.29, 1.82) is 0 Å². The fourth-order valence-corrected chi connectivity index (χ4v) is 2.71. The minimum Gasteiger partial charge on any atom is -0.388 e. The standard InChI is InChI=1S/C13H21NO3S/c1-3-4-5-10-6-7-18-13(10)12(17)11(16)8-14-9(2)15/h6-7,11-12,16-17H,3-5,8H2,1-2H3,(H,14,15). The third kappa shape index (κ3) is 4.40. The molecule has 0 fully saturated rings. The summed E-state index contributed by atoms with van der Waals surface area (Å²) < 4.78 is 0. The van der Waals surface area contributed by atoms with E-state index in [0.29, 0.717) is 0 Å². The highest BCUT2D eigenvalue weighted by atomic mass is 32.1. The van der Waals surface area contributed by atoms with E-state index in [1.807, 2.05) is 11.4 Å². The lowest BCUT2D eigenvalue weighted by Gasteiger charge is -2.18. The number of hydrogen-bond acceptors (Lipinski definition) is 4. The summed E-state index contributed by atoms with van der Waals surface area (Å²) in [6.07, 6.45) is 1.19. The summed E-state index contributed by atoms with van der Waals surface area (Å²) in [5, 5.41) is 24.3. The van der Waals surface area contributed by atoms with Crippen LogP contribution in [0.1, 0.15) is 43.2 Å². The molecule has 4 nitrogen and oxygen atoms in total. The Morgan fingerprint density at radius 2 is 2.22 bits per heavy atom. The van der Waals surface area contributed by atoms with Gasteiger partial charge in [0, 0.05) is 18.3 Å². The molecular weight excluding hydrogens is 250 g/mol. The molecule has 1 aromatic heterocycles. The van der Waals surface area contributed by atoms with E-state index >= 15 is 0 Å². The highest BCUT2D eigenvalue weighted by Crippen LogP contribution is 2.28. The molecule has 2 atom stereocenters. The maximum atomic E-state index is 10.8. The average Bonchev–Trinajstić information content (AvgIpc) is 2.80. The Hall–Kier alpha value is -0.910. The molecule has 0 saturated heterocycles. The second-order valence-corrected chi connectivity index (χ2v) is 5.31. The number of aryl methyl sites for hydroxylation is 1. The predicted molar refractivity (Wildman–Crippen MR) is 72.6 cm³/mol. The van der Waals surface area contributed by atoms with E-state index in [2.05, 4.69) is 12.2 Å². The van der Waals surface area contributed by atoms with Crippen LogP contribution in [-0.2, 0) is 11.2 Å². The van der Waals surface area contributed by atoms with E-state index in [4.69, 9.17) is 0 Å². The molecular formula is C13H21NO3S. The molecule has 0 aliphatic heterocycles. The predicted octanol–water partition coefficient (Wildman–Crippen LogP) is 1.62. The van der Waals surface area contributed by atoms with Gasteiger partial charge >= 0.3 is 0 Å². The zero-order chi connectivity index (χ0) is 13.5. The number of aliphatic hydroxyl groups excluding tert-OH is 2. The number of thiophene rings is 1. The molecule has 0 aliphatic carbocycles. The maximum absolute atomic E-state index is 10.8. The smallest absolute Gasteiger partial charge is 0.216 e. The van der Waals surface area contributed by atoms with Crippen molar-refractivity contribution < 1.29 is 15.0 Å². The fourth-order valence-electron chi connectivity index (χ4n) is 1.72. The lowest BCUT2D eigenvalue weighted by molar-refractivity contribution is -0.119. The Kier molecular flexibility index (Phi) is 6.32. The van der Waals surface area contributed by atoms with Crippen LogP contribution in [0.25, 0.3) is 0 Å². The van der Waals surface area contributed by atoms with Crippen LogP contribution >= 0.6 is 11.3 Å². The number of hydrogen-bond donors (Lipinski definition) is 3. The molecule has 5 heteroatoms. The van der Waals surface area contributed by atoms with Crippen LogP contribution in [0, 0.1) is 0 Å². The zero-order valence-electron chi connectivity index (χ0n) is 10.8. The quantitative estimate of drug-likeness (QED) is 0.706. The van der Waals surface area contributed by atoms with Gasteiger partial charge in [0.25, 0.3) is 0 Å². The van der Waals surface area contributed by atoms with Crippen molar-refractivity contribution in [1.82, 2.24) is 5.32 Å². The van der Waals surface area contributed by atoms with Crippen molar-refractivity contribution in [3.05, 3.63) is 21.9 Å². The number of unbranched alkanes of at least 4 members (excludes halogenated alkanes) is 1. The zero-order valence-corrected chi connectivity index (χ0v) is 11.7. The fraction of sp³-hybridized carbons (Fsp3) is 0.615. The molecule has 0 spiro atoms. The summed E-state index contributed by atoms with van der Waals surface area (Å²) in [6.45, 7) is 3.58. The van der Waals surface area contributed by atoms with Gasteiger partial charge in [0.1, 0.15) is 12.2 Å². The van der Waals surface area contributed by atoms with Gasteiger partial charge in [-0.25, -0.2) is 0 Å². The molecule has 102 valence electrons. The van der Waals surface area contributed by atoms with Crippen molar-refractivity contribution in [3.63, 3.8) is 0 Å². The summed E-state index contributed by atoms with van der Waals surface area (Å²) in [7, 11) is 0. The third-order valence-electron chi connectivity index (χ3n) is 2.77. The summed E-state index contributed by atoms with van der Waals surface area (Å²) >= 11 is 1.45. The number of nitrogens with one attached hydrogen (secondary N) is 1. The van der Waals surface area contributed by atoms with E-state index in [9.17, 15) is 15.0 Å². The first-order valence-corrected chi connectivity index (χ1v) is 7.11. The van der Waals surface area contributed by atoms with E-state index in [1.54, 1.807) is 0 Å². The highest BCUT2D eigenvalue weighted by Gasteiger charge is 2.22. The highest BCUT2D eigenvalue weighted by molar-refractivity contribution is 7.10. The number of carbonyl (C=O) groups is 1. The van der Waals surface area contributed by atoms with Gasteiger partial charge < -0.3 is 15.5 Å². The lowest BCUT2D eigenvalue weighted by atomic mass is 10.0. The van der Waals surface area contributed by atoms with Crippen molar-refractivity contribution in [2.45, 2.75) is 45.3 Å².